The minimum absolute atomic E-state index is 0.160. The molecule has 1 aromatic carbocycles. The van der Waals surface area contributed by atoms with Crippen molar-refractivity contribution in [1.29, 1.82) is 5.26 Å². The second-order valence-electron chi connectivity index (χ2n) is 6.50. The van der Waals surface area contributed by atoms with Gasteiger partial charge in [-0.15, -0.1) is 5.10 Å². The first-order chi connectivity index (χ1) is 13.3. The van der Waals surface area contributed by atoms with Crippen LogP contribution < -0.4 is 5.32 Å². The lowest BCUT2D eigenvalue weighted by molar-refractivity contribution is -0.114. The van der Waals surface area contributed by atoms with Gasteiger partial charge in [0.05, 0.1) is 17.9 Å². The molecule has 0 saturated heterocycles. The van der Waals surface area contributed by atoms with Crippen LogP contribution in [-0.4, -0.2) is 32.7 Å². The average molecular weight is 379 g/mol. The summed E-state index contributed by atoms with van der Waals surface area (Å²) in [5.74, 6) is -0.117. The number of hydrogen-bond acceptors (Lipinski definition) is 5. The lowest BCUT2D eigenvalue weighted by Gasteiger charge is -2.09. The largest absolute Gasteiger partial charge is 0.462 e. The van der Waals surface area contributed by atoms with Crippen LogP contribution in [0.3, 0.4) is 0 Å². The van der Waals surface area contributed by atoms with Crippen LogP contribution in [0.2, 0.25) is 0 Å². The number of fused-ring (bicyclic) bond motifs is 1. The summed E-state index contributed by atoms with van der Waals surface area (Å²) in [4.78, 5) is 24.0. The summed E-state index contributed by atoms with van der Waals surface area (Å²) in [7, 11) is 1.78. The van der Waals surface area contributed by atoms with Gasteiger partial charge < -0.3 is 14.6 Å². The first-order valence-corrected chi connectivity index (χ1v) is 8.84. The number of carbonyl (C=O) groups excluding carboxylic acids is 2. The van der Waals surface area contributed by atoms with E-state index in [1.54, 1.807) is 30.0 Å². The number of hydrogen-bond donors (Lipinski definition) is 1. The van der Waals surface area contributed by atoms with Crippen LogP contribution in [-0.2, 0) is 16.6 Å². The molecule has 2 heterocycles. The number of benzene rings is 1. The van der Waals surface area contributed by atoms with Crippen molar-refractivity contribution in [1.82, 2.24) is 14.2 Å². The van der Waals surface area contributed by atoms with Crippen LogP contribution >= 0.6 is 0 Å². The molecule has 8 nitrogen and oxygen atoms in total. The van der Waals surface area contributed by atoms with E-state index in [-0.39, 0.29) is 23.6 Å². The second-order valence-corrected chi connectivity index (χ2v) is 6.50. The maximum absolute atomic E-state index is 12.5. The van der Waals surface area contributed by atoms with Crippen molar-refractivity contribution < 1.29 is 14.3 Å². The lowest BCUT2D eigenvalue weighted by atomic mass is 10.1. The van der Waals surface area contributed by atoms with Gasteiger partial charge in [0.25, 0.3) is 0 Å². The zero-order valence-electron chi connectivity index (χ0n) is 16.5. The number of esters is 1. The molecule has 3 aromatic rings. The molecule has 0 spiro atoms. The van der Waals surface area contributed by atoms with Gasteiger partial charge in [0.15, 0.2) is 11.5 Å². The summed E-state index contributed by atoms with van der Waals surface area (Å²) in [6.07, 6.45) is 0. The number of ether oxygens (including phenoxy) is 1. The molecule has 0 aliphatic rings. The molecule has 0 radical (unpaired) electrons. The summed E-state index contributed by atoms with van der Waals surface area (Å²) < 4.78 is 8.48. The highest BCUT2D eigenvalue weighted by atomic mass is 16.5. The Morgan fingerprint density at radius 3 is 2.64 bits per heavy atom. The normalized spacial score (nSPS) is 10.7. The maximum atomic E-state index is 12.5. The number of rotatable bonds is 4. The molecular weight excluding hydrogens is 358 g/mol. The van der Waals surface area contributed by atoms with Crippen LogP contribution in [0.4, 0.5) is 5.69 Å². The summed E-state index contributed by atoms with van der Waals surface area (Å²) in [5, 5.41) is 16.9. The van der Waals surface area contributed by atoms with Crippen molar-refractivity contribution in [3.05, 3.63) is 40.6 Å². The highest BCUT2D eigenvalue weighted by molar-refractivity contribution is 6.00. The quantitative estimate of drug-likeness (QED) is 0.702. The third kappa shape index (κ3) is 3.01. The Morgan fingerprint density at radius 1 is 1.32 bits per heavy atom. The van der Waals surface area contributed by atoms with Gasteiger partial charge in [0.2, 0.25) is 5.91 Å². The van der Waals surface area contributed by atoms with Crippen LogP contribution in [0.1, 0.15) is 41.0 Å². The minimum atomic E-state index is -0.554. The predicted octanol–water partition coefficient (Wildman–Crippen LogP) is 2.96. The van der Waals surface area contributed by atoms with Gasteiger partial charge in [-0.2, -0.15) is 5.26 Å². The lowest BCUT2D eigenvalue weighted by Crippen LogP contribution is -2.08. The first kappa shape index (κ1) is 19.2. The second kappa shape index (κ2) is 7.19. The van der Waals surface area contributed by atoms with E-state index in [1.165, 1.54) is 6.92 Å². The molecule has 0 atom stereocenters. The van der Waals surface area contributed by atoms with E-state index < -0.39 is 5.97 Å². The van der Waals surface area contributed by atoms with E-state index in [9.17, 15) is 14.9 Å². The van der Waals surface area contributed by atoms with E-state index in [1.807, 2.05) is 25.1 Å². The van der Waals surface area contributed by atoms with Gasteiger partial charge in [0, 0.05) is 25.2 Å². The summed E-state index contributed by atoms with van der Waals surface area (Å²) in [6.45, 7) is 7.02. The number of nitrogens with zero attached hydrogens (tertiary/aromatic N) is 4. The molecule has 144 valence electrons. The molecule has 0 aliphatic heterocycles. The molecule has 8 heteroatoms. The predicted molar refractivity (Wildman–Crippen MR) is 104 cm³/mol. The monoisotopic (exact) mass is 379 g/mol. The number of aromatic nitrogens is 3. The molecule has 1 N–H and O–H groups in total. The van der Waals surface area contributed by atoms with E-state index in [4.69, 9.17) is 4.74 Å². The van der Waals surface area contributed by atoms with Crippen molar-refractivity contribution in [3.8, 4) is 17.5 Å². The fourth-order valence-electron chi connectivity index (χ4n) is 3.23. The third-order valence-electron chi connectivity index (χ3n) is 4.58. The van der Waals surface area contributed by atoms with Gasteiger partial charge in [-0.05, 0) is 32.4 Å². The van der Waals surface area contributed by atoms with Crippen LogP contribution in [0.25, 0.3) is 17.0 Å². The zero-order chi connectivity index (χ0) is 20.6. The number of aryl methyl sites for hydroxylation is 3. The Bertz CT molecular complexity index is 1150. The van der Waals surface area contributed by atoms with Gasteiger partial charge in [-0.1, -0.05) is 12.1 Å². The van der Waals surface area contributed by atoms with Crippen LogP contribution in [0.15, 0.2) is 18.2 Å². The van der Waals surface area contributed by atoms with Crippen LogP contribution in [0, 0.1) is 25.2 Å². The fourth-order valence-corrected chi connectivity index (χ4v) is 3.23. The Kier molecular flexibility index (Phi) is 4.92. The van der Waals surface area contributed by atoms with Gasteiger partial charge >= 0.3 is 5.97 Å². The van der Waals surface area contributed by atoms with E-state index >= 15 is 0 Å². The fraction of sp³-hybridized carbons (Fsp3) is 0.300. The number of nitriles is 1. The van der Waals surface area contributed by atoms with E-state index in [0.29, 0.717) is 22.9 Å². The molecule has 0 unspecified atom stereocenters. The Labute approximate surface area is 162 Å². The summed E-state index contributed by atoms with van der Waals surface area (Å²) in [6, 6.07) is 7.71. The molecule has 0 saturated carbocycles. The van der Waals surface area contributed by atoms with Crippen molar-refractivity contribution in [3.63, 3.8) is 0 Å². The van der Waals surface area contributed by atoms with Crippen molar-refractivity contribution in [2.45, 2.75) is 27.7 Å². The van der Waals surface area contributed by atoms with Gasteiger partial charge in [-0.3, -0.25) is 4.79 Å². The topological polar surface area (TPSA) is 101 Å². The molecule has 2 aromatic heterocycles. The van der Waals surface area contributed by atoms with E-state index in [2.05, 4.69) is 16.5 Å². The van der Waals surface area contributed by atoms with Crippen molar-refractivity contribution in [2.75, 3.05) is 11.9 Å². The van der Waals surface area contributed by atoms with E-state index in [0.717, 1.165) is 11.1 Å². The molecule has 0 fully saturated rings. The number of amides is 1. The standard InChI is InChI=1S/C20H21N5O3/c1-6-28-20(27)17-15(10-21)12(3)25-19(17)24(5)18(23-25)14-8-7-11(2)16(9-14)22-13(4)26/h7-9H,6H2,1-5H3,(H,22,26). The van der Waals surface area contributed by atoms with Crippen molar-refractivity contribution >= 4 is 23.2 Å². The Hall–Kier alpha value is -3.60. The Morgan fingerprint density at radius 2 is 2.04 bits per heavy atom. The summed E-state index contributed by atoms with van der Waals surface area (Å²) in [5.41, 5.74) is 3.91. The molecule has 3 rings (SSSR count). The highest BCUT2D eigenvalue weighted by Gasteiger charge is 2.27. The molecular formula is C20H21N5O3. The molecule has 0 aliphatic carbocycles. The highest BCUT2D eigenvalue weighted by Crippen LogP contribution is 2.30. The Balaban J connectivity index is 2.24. The molecule has 0 bridgehead atoms. The van der Waals surface area contributed by atoms with Crippen LogP contribution in [0.5, 0.6) is 0 Å². The van der Waals surface area contributed by atoms with Gasteiger partial charge in [-0.25, -0.2) is 9.31 Å². The number of carbonyl (C=O) groups is 2. The zero-order valence-corrected chi connectivity index (χ0v) is 16.5. The maximum Gasteiger partial charge on any atom is 0.343 e. The SMILES string of the molecule is CCOC(=O)c1c(C#N)c(C)n2nc(-c3ccc(C)c(NC(C)=O)c3)n(C)c12. The molecule has 1 amide bonds. The molecule has 28 heavy (non-hydrogen) atoms. The third-order valence-corrected chi connectivity index (χ3v) is 4.58. The summed E-state index contributed by atoms with van der Waals surface area (Å²) >= 11 is 0. The first-order valence-electron chi connectivity index (χ1n) is 8.84. The van der Waals surface area contributed by atoms with Crippen molar-refractivity contribution in [2.24, 2.45) is 7.05 Å². The average Bonchev–Trinajstić information content (AvgIpc) is 3.11. The number of nitrogens with one attached hydrogen (secondary N) is 1. The smallest absolute Gasteiger partial charge is 0.343 e. The minimum Gasteiger partial charge on any atom is -0.462 e. The number of anilines is 1. The van der Waals surface area contributed by atoms with Gasteiger partial charge in [0.1, 0.15) is 11.6 Å².